The maximum atomic E-state index is 10.1. The van der Waals surface area contributed by atoms with E-state index in [-0.39, 0.29) is 5.41 Å². The molecule has 104 valence electrons. The summed E-state index contributed by atoms with van der Waals surface area (Å²) >= 11 is 3.96. The Morgan fingerprint density at radius 2 is 1.83 bits per heavy atom. The maximum Gasteiger partial charge on any atom is 0.0992 e. The van der Waals surface area contributed by atoms with Crippen molar-refractivity contribution in [2.75, 3.05) is 23.0 Å². The molecule has 18 heavy (non-hydrogen) atoms. The summed E-state index contributed by atoms with van der Waals surface area (Å²) in [7, 11) is 0. The second-order valence-electron chi connectivity index (χ2n) is 5.22. The number of hydrogen-bond acceptors (Lipinski definition) is 3. The Balaban J connectivity index is 2.51. The molecule has 0 amide bonds. The van der Waals surface area contributed by atoms with Crippen LogP contribution < -0.4 is 0 Å². The van der Waals surface area contributed by atoms with Gasteiger partial charge in [-0.15, -0.1) is 0 Å². The fourth-order valence-corrected chi connectivity index (χ4v) is 4.09. The topological polar surface area (TPSA) is 20.2 Å². The quantitative estimate of drug-likeness (QED) is 0.630. The van der Waals surface area contributed by atoms with E-state index in [0.29, 0.717) is 5.76 Å². The van der Waals surface area contributed by atoms with E-state index in [1.54, 1.807) is 0 Å². The van der Waals surface area contributed by atoms with Crippen LogP contribution in [0.1, 0.15) is 40.0 Å². The molecule has 0 aromatic carbocycles. The predicted octanol–water partition coefficient (Wildman–Crippen LogP) is 5.05. The molecule has 0 saturated carbocycles. The minimum Gasteiger partial charge on any atom is -0.512 e. The highest BCUT2D eigenvalue weighted by atomic mass is 32.2. The molecular formula is C15H26OS2. The molecule has 0 heterocycles. The fourth-order valence-electron chi connectivity index (χ4n) is 2.06. The minimum absolute atomic E-state index is 0.0449. The lowest BCUT2D eigenvalue weighted by Gasteiger charge is -2.32. The Labute approximate surface area is 121 Å². The van der Waals surface area contributed by atoms with Crippen LogP contribution in [-0.2, 0) is 0 Å². The van der Waals surface area contributed by atoms with E-state index in [4.69, 9.17) is 0 Å². The summed E-state index contributed by atoms with van der Waals surface area (Å²) in [6, 6.07) is 0. The van der Waals surface area contributed by atoms with Crippen LogP contribution in [0.3, 0.4) is 0 Å². The van der Waals surface area contributed by atoms with Crippen LogP contribution in [0.4, 0.5) is 0 Å². The lowest BCUT2D eigenvalue weighted by Crippen LogP contribution is -2.26. The zero-order chi connectivity index (χ0) is 13.4. The highest BCUT2D eigenvalue weighted by Gasteiger charge is 2.32. The Kier molecular flexibility index (Phi) is 7.31. The van der Waals surface area contributed by atoms with Gasteiger partial charge in [-0.05, 0) is 36.8 Å². The Bertz CT molecular complexity index is 310. The Morgan fingerprint density at radius 1 is 1.17 bits per heavy atom. The largest absolute Gasteiger partial charge is 0.512 e. The second-order valence-corrected chi connectivity index (χ2v) is 7.43. The van der Waals surface area contributed by atoms with Crippen LogP contribution in [0.2, 0.25) is 0 Å². The normalized spacial score (nSPS) is 23.7. The predicted molar refractivity (Wildman–Crippen MR) is 86.8 cm³/mol. The monoisotopic (exact) mass is 286 g/mol. The third kappa shape index (κ3) is 4.93. The molecule has 0 bridgehead atoms. The molecule has 0 aromatic heterocycles. The maximum absolute atomic E-state index is 10.1. The van der Waals surface area contributed by atoms with Gasteiger partial charge in [-0.1, -0.05) is 32.4 Å². The number of rotatable bonds is 8. The molecule has 0 radical (unpaired) electrons. The van der Waals surface area contributed by atoms with Crippen LogP contribution in [0.25, 0.3) is 0 Å². The van der Waals surface area contributed by atoms with Gasteiger partial charge in [-0.3, -0.25) is 0 Å². The van der Waals surface area contributed by atoms with Crippen molar-refractivity contribution in [2.24, 2.45) is 5.41 Å². The van der Waals surface area contributed by atoms with Gasteiger partial charge in [0.2, 0.25) is 0 Å². The first-order valence-corrected chi connectivity index (χ1v) is 9.18. The van der Waals surface area contributed by atoms with E-state index < -0.39 is 0 Å². The van der Waals surface area contributed by atoms with Crippen LogP contribution in [0.5, 0.6) is 0 Å². The zero-order valence-corrected chi connectivity index (χ0v) is 13.5. The lowest BCUT2D eigenvalue weighted by molar-refractivity contribution is 0.257. The number of aliphatic hydroxyl groups is 1. The van der Waals surface area contributed by atoms with Crippen molar-refractivity contribution in [3.8, 4) is 0 Å². The average Bonchev–Trinajstić information content (AvgIpc) is 2.35. The molecule has 1 atom stereocenters. The van der Waals surface area contributed by atoms with Crippen molar-refractivity contribution < 1.29 is 5.11 Å². The van der Waals surface area contributed by atoms with E-state index in [0.717, 1.165) is 17.9 Å². The standard InChI is InChI=1S/C15H26OS2/c1-4-8-17-11-13-6-7-14(16)15(3,10-13)12-18-9-5-2/h6-7,16H,4-5,8-12H2,1-3H3. The van der Waals surface area contributed by atoms with Gasteiger partial charge >= 0.3 is 0 Å². The molecule has 0 spiro atoms. The van der Waals surface area contributed by atoms with Crippen molar-refractivity contribution >= 4 is 23.5 Å². The Hall–Kier alpha value is -0.0200. The molecule has 0 fully saturated rings. The Morgan fingerprint density at radius 3 is 2.50 bits per heavy atom. The van der Waals surface area contributed by atoms with E-state index in [9.17, 15) is 5.11 Å². The number of aliphatic hydroxyl groups excluding tert-OH is 1. The first kappa shape index (κ1) is 16.0. The summed E-state index contributed by atoms with van der Waals surface area (Å²) in [5.41, 5.74) is 1.43. The second kappa shape index (κ2) is 8.21. The van der Waals surface area contributed by atoms with Gasteiger partial charge in [0.15, 0.2) is 0 Å². The van der Waals surface area contributed by atoms with Gasteiger partial charge in [-0.2, -0.15) is 23.5 Å². The fraction of sp³-hybridized carbons (Fsp3) is 0.733. The van der Waals surface area contributed by atoms with Gasteiger partial charge in [0, 0.05) is 16.9 Å². The van der Waals surface area contributed by atoms with E-state index in [2.05, 4.69) is 26.8 Å². The van der Waals surface area contributed by atoms with Crippen molar-refractivity contribution in [2.45, 2.75) is 40.0 Å². The third-order valence-corrected chi connectivity index (χ3v) is 5.93. The molecule has 1 N–H and O–H groups in total. The lowest BCUT2D eigenvalue weighted by atomic mass is 9.80. The number of thioether (sulfide) groups is 2. The van der Waals surface area contributed by atoms with E-state index in [1.807, 2.05) is 29.6 Å². The van der Waals surface area contributed by atoms with Crippen LogP contribution >= 0.6 is 23.5 Å². The van der Waals surface area contributed by atoms with Gasteiger partial charge in [-0.25, -0.2) is 0 Å². The first-order valence-electron chi connectivity index (χ1n) is 6.87. The van der Waals surface area contributed by atoms with Gasteiger partial charge < -0.3 is 5.11 Å². The summed E-state index contributed by atoms with van der Waals surface area (Å²) in [6.07, 6.45) is 7.49. The highest BCUT2D eigenvalue weighted by molar-refractivity contribution is 7.99. The zero-order valence-electron chi connectivity index (χ0n) is 11.9. The van der Waals surface area contributed by atoms with Crippen LogP contribution in [0.15, 0.2) is 23.5 Å². The molecule has 1 aliphatic carbocycles. The van der Waals surface area contributed by atoms with Gasteiger partial charge in [0.1, 0.15) is 0 Å². The minimum atomic E-state index is -0.0449. The molecule has 1 nitrogen and oxygen atoms in total. The highest BCUT2D eigenvalue weighted by Crippen LogP contribution is 2.39. The molecule has 1 aliphatic rings. The third-order valence-electron chi connectivity index (χ3n) is 3.12. The van der Waals surface area contributed by atoms with E-state index in [1.165, 1.54) is 29.9 Å². The van der Waals surface area contributed by atoms with E-state index >= 15 is 0 Å². The summed E-state index contributed by atoms with van der Waals surface area (Å²) in [6.45, 7) is 6.62. The SMILES string of the molecule is CCCSCC1=CC=C(O)C(C)(CSCCC)C1. The van der Waals surface area contributed by atoms with Crippen LogP contribution in [0, 0.1) is 5.41 Å². The summed E-state index contributed by atoms with van der Waals surface area (Å²) < 4.78 is 0. The van der Waals surface area contributed by atoms with Crippen molar-refractivity contribution in [3.63, 3.8) is 0 Å². The number of allylic oxidation sites excluding steroid dienone is 3. The molecule has 3 heteroatoms. The summed E-state index contributed by atoms with van der Waals surface area (Å²) in [4.78, 5) is 0. The average molecular weight is 287 g/mol. The molecule has 1 unspecified atom stereocenters. The first-order chi connectivity index (χ1) is 8.62. The van der Waals surface area contributed by atoms with Crippen molar-refractivity contribution in [3.05, 3.63) is 23.5 Å². The van der Waals surface area contributed by atoms with Gasteiger partial charge in [0.05, 0.1) is 5.76 Å². The molecule has 0 saturated heterocycles. The molecule has 0 aliphatic heterocycles. The molecule has 1 rings (SSSR count). The molecular weight excluding hydrogens is 260 g/mol. The number of hydrogen-bond donors (Lipinski definition) is 1. The summed E-state index contributed by atoms with van der Waals surface area (Å²) in [5, 5.41) is 10.1. The summed E-state index contributed by atoms with van der Waals surface area (Å²) in [5.74, 6) is 5.13. The van der Waals surface area contributed by atoms with Crippen molar-refractivity contribution in [1.82, 2.24) is 0 Å². The molecule has 0 aromatic rings. The van der Waals surface area contributed by atoms with Crippen LogP contribution in [-0.4, -0.2) is 28.1 Å². The smallest absolute Gasteiger partial charge is 0.0992 e. The van der Waals surface area contributed by atoms with Gasteiger partial charge in [0.25, 0.3) is 0 Å². The van der Waals surface area contributed by atoms with Crippen molar-refractivity contribution in [1.29, 1.82) is 0 Å².